The zero-order valence-electron chi connectivity index (χ0n) is 16.9. The summed E-state index contributed by atoms with van der Waals surface area (Å²) in [6, 6.07) is 15.6. The van der Waals surface area contributed by atoms with Crippen molar-refractivity contribution in [2.24, 2.45) is 0 Å². The van der Waals surface area contributed by atoms with E-state index in [1.807, 2.05) is 30.3 Å². The largest absolute Gasteiger partial charge is 0.356 e. The molecule has 2 heterocycles. The standard InChI is InChI=1S/C23H22FN5O2/c24-18-9-11-19(12-10-18)28-15-16-29-20(26-27-22(29)23(28)31)7-4-8-21(30)25-14-13-17-5-2-1-3-6-17/h1-3,5-6,9-12,15-16H,4,7-8,13-14H2,(H,25,30). The molecule has 7 nitrogen and oxygen atoms in total. The Hall–Kier alpha value is -3.81. The number of carbonyl (C=O) groups excluding carboxylic acids is 1. The predicted molar refractivity (Wildman–Crippen MR) is 115 cm³/mol. The molecule has 31 heavy (non-hydrogen) atoms. The summed E-state index contributed by atoms with van der Waals surface area (Å²) in [5.74, 6) is 0.241. The summed E-state index contributed by atoms with van der Waals surface area (Å²) in [7, 11) is 0. The van der Waals surface area contributed by atoms with Crippen molar-refractivity contribution in [2.75, 3.05) is 6.54 Å². The average molecular weight is 419 g/mol. The summed E-state index contributed by atoms with van der Waals surface area (Å²) >= 11 is 0. The smallest absolute Gasteiger partial charge is 0.300 e. The van der Waals surface area contributed by atoms with Crippen molar-refractivity contribution in [2.45, 2.75) is 25.7 Å². The van der Waals surface area contributed by atoms with E-state index in [9.17, 15) is 14.0 Å². The van der Waals surface area contributed by atoms with Gasteiger partial charge in [0.05, 0.1) is 0 Å². The minimum Gasteiger partial charge on any atom is -0.356 e. The van der Waals surface area contributed by atoms with Crippen molar-refractivity contribution < 1.29 is 9.18 Å². The van der Waals surface area contributed by atoms with Crippen LogP contribution in [0.3, 0.4) is 0 Å². The number of hydrogen-bond donors (Lipinski definition) is 1. The Kier molecular flexibility index (Phi) is 6.16. The topological polar surface area (TPSA) is 81.3 Å². The molecule has 158 valence electrons. The highest BCUT2D eigenvalue weighted by atomic mass is 19.1. The van der Waals surface area contributed by atoms with Crippen LogP contribution in [0.2, 0.25) is 0 Å². The maximum Gasteiger partial charge on any atom is 0.300 e. The number of benzene rings is 2. The lowest BCUT2D eigenvalue weighted by atomic mass is 10.1. The van der Waals surface area contributed by atoms with Gasteiger partial charge in [-0.1, -0.05) is 30.3 Å². The van der Waals surface area contributed by atoms with E-state index < -0.39 is 0 Å². The Morgan fingerprint density at radius 2 is 1.74 bits per heavy atom. The van der Waals surface area contributed by atoms with Crippen molar-refractivity contribution in [3.63, 3.8) is 0 Å². The molecule has 0 radical (unpaired) electrons. The van der Waals surface area contributed by atoms with Gasteiger partial charge in [-0.2, -0.15) is 0 Å². The molecule has 0 fully saturated rings. The summed E-state index contributed by atoms with van der Waals surface area (Å²) in [6.45, 7) is 0.597. The Balaban J connectivity index is 1.34. The van der Waals surface area contributed by atoms with Gasteiger partial charge < -0.3 is 5.32 Å². The first-order valence-electron chi connectivity index (χ1n) is 10.1. The molecule has 8 heteroatoms. The molecule has 0 saturated carbocycles. The van der Waals surface area contributed by atoms with Gasteiger partial charge in [-0.3, -0.25) is 18.6 Å². The predicted octanol–water partition coefficient (Wildman–Crippen LogP) is 2.70. The van der Waals surface area contributed by atoms with Crippen molar-refractivity contribution in [3.05, 3.63) is 94.5 Å². The lowest BCUT2D eigenvalue weighted by molar-refractivity contribution is -0.121. The van der Waals surface area contributed by atoms with Crippen LogP contribution in [0, 0.1) is 5.82 Å². The molecule has 1 N–H and O–H groups in total. The summed E-state index contributed by atoms with van der Waals surface area (Å²) in [6.07, 6.45) is 5.59. The van der Waals surface area contributed by atoms with E-state index in [1.54, 1.807) is 16.8 Å². The van der Waals surface area contributed by atoms with E-state index >= 15 is 0 Å². The molecule has 0 aliphatic heterocycles. The molecule has 1 amide bonds. The first kappa shape index (κ1) is 20.5. The van der Waals surface area contributed by atoms with Gasteiger partial charge in [0.1, 0.15) is 11.6 Å². The molecular formula is C23H22FN5O2. The highest BCUT2D eigenvalue weighted by Gasteiger charge is 2.12. The molecule has 0 saturated heterocycles. The Bertz CT molecular complexity index is 1230. The normalized spacial score (nSPS) is 11.0. The third-order valence-electron chi connectivity index (χ3n) is 5.03. The Morgan fingerprint density at radius 1 is 0.968 bits per heavy atom. The van der Waals surface area contributed by atoms with Gasteiger partial charge in [-0.05, 0) is 42.7 Å². The number of nitrogens with one attached hydrogen (secondary N) is 1. The average Bonchev–Trinajstić information content (AvgIpc) is 3.19. The van der Waals surface area contributed by atoms with E-state index in [0.717, 1.165) is 6.42 Å². The van der Waals surface area contributed by atoms with Gasteiger partial charge >= 0.3 is 5.56 Å². The number of aromatic nitrogens is 4. The molecule has 0 bridgehead atoms. The molecule has 2 aromatic heterocycles. The molecule has 4 aromatic rings. The van der Waals surface area contributed by atoms with Crippen molar-refractivity contribution >= 4 is 11.6 Å². The summed E-state index contributed by atoms with van der Waals surface area (Å²) in [5.41, 5.74) is 1.58. The molecular weight excluding hydrogens is 397 g/mol. The van der Waals surface area contributed by atoms with Crippen LogP contribution in [0.5, 0.6) is 0 Å². The van der Waals surface area contributed by atoms with Crippen LogP contribution in [0.4, 0.5) is 4.39 Å². The number of hydrogen-bond acceptors (Lipinski definition) is 4. The van der Waals surface area contributed by atoms with Gasteiger partial charge in [-0.25, -0.2) is 4.39 Å². The van der Waals surface area contributed by atoms with Crippen LogP contribution in [-0.4, -0.2) is 31.6 Å². The number of carbonyl (C=O) groups is 1. The maximum atomic E-state index is 13.1. The lowest BCUT2D eigenvalue weighted by Gasteiger charge is -2.07. The third-order valence-corrected chi connectivity index (χ3v) is 5.03. The highest BCUT2D eigenvalue weighted by molar-refractivity contribution is 5.75. The van der Waals surface area contributed by atoms with Crippen LogP contribution in [0.25, 0.3) is 11.3 Å². The number of aryl methyl sites for hydroxylation is 1. The van der Waals surface area contributed by atoms with E-state index in [2.05, 4.69) is 15.5 Å². The fourth-order valence-electron chi connectivity index (χ4n) is 3.40. The summed E-state index contributed by atoms with van der Waals surface area (Å²) < 4.78 is 16.2. The van der Waals surface area contributed by atoms with Crippen molar-refractivity contribution in [1.29, 1.82) is 0 Å². The number of rotatable bonds is 8. The van der Waals surface area contributed by atoms with Gasteiger partial charge in [0.25, 0.3) is 0 Å². The molecule has 4 rings (SSSR count). The monoisotopic (exact) mass is 419 g/mol. The Morgan fingerprint density at radius 3 is 2.52 bits per heavy atom. The van der Waals surface area contributed by atoms with E-state index in [0.29, 0.717) is 37.3 Å². The minimum atomic E-state index is -0.369. The highest BCUT2D eigenvalue weighted by Crippen LogP contribution is 2.09. The zero-order valence-corrected chi connectivity index (χ0v) is 16.9. The molecule has 0 atom stereocenters. The fourth-order valence-corrected chi connectivity index (χ4v) is 3.40. The Labute approximate surface area is 178 Å². The van der Waals surface area contributed by atoms with Crippen LogP contribution in [0.1, 0.15) is 24.2 Å². The van der Waals surface area contributed by atoms with Crippen LogP contribution < -0.4 is 10.9 Å². The number of halogens is 1. The van der Waals surface area contributed by atoms with Crippen molar-refractivity contribution in [1.82, 2.24) is 24.5 Å². The first-order valence-corrected chi connectivity index (χ1v) is 10.1. The second-order valence-corrected chi connectivity index (χ2v) is 7.20. The third kappa shape index (κ3) is 4.85. The fraction of sp³-hybridized carbons (Fsp3) is 0.217. The SMILES string of the molecule is O=C(CCCc1nnc2c(=O)n(-c3ccc(F)cc3)ccn12)NCCc1ccccc1. The number of amides is 1. The van der Waals surface area contributed by atoms with E-state index in [1.165, 1.54) is 34.4 Å². The molecule has 0 unspecified atom stereocenters. The second-order valence-electron chi connectivity index (χ2n) is 7.20. The first-order chi connectivity index (χ1) is 15.1. The van der Waals surface area contributed by atoms with Crippen LogP contribution in [0.15, 0.2) is 71.8 Å². The second kappa shape index (κ2) is 9.34. The lowest BCUT2D eigenvalue weighted by Crippen LogP contribution is -2.25. The summed E-state index contributed by atoms with van der Waals surface area (Å²) in [4.78, 5) is 24.8. The van der Waals surface area contributed by atoms with E-state index in [4.69, 9.17) is 0 Å². The summed E-state index contributed by atoms with van der Waals surface area (Å²) in [5, 5.41) is 11.0. The van der Waals surface area contributed by atoms with E-state index in [-0.39, 0.29) is 22.9 Å². The molecule has 0 aliphatic carbocycles. The molecule has 0 spiro atoms. The van der Waals surface area contributed by atoms with Gasteiger partial charge in [0.15, 0.2) is 0 Å². The van der Waals surface area contributed by atoms with Gasteiger partial charge in [0.2, 0.25) is 11.6 Å². The number of fused-ring (bicyclic) bond motifs is 1. The van der Waals surface area contributed by atoms with Gasteiger partial charge in [-0.15, -0.1) is 10.2 Å². The minimum absolute atomic E-state index is 0.0107. The zero-order chi connectivity index (χ0) is 21.6. The maximum absolute atomic E-state index is 13.1. The number of nitrogens with zero attached hydrogens (tertiary/aromatic N) is 4. The van der Waals surface area contributed by atoms with Crippen LogP contribution >= 0.6 is 0 Å². The quantitative estimate of drug-likeness (QED) is 0.476. The molecule has 0 aliphatic rings. The molecule has 2 aromatic carbocycles. The van der Waals surface area contributed by atoms with Crippen LogP contribution in [-0.2, 0) is 17.6 Å². The van der Waals surface area contributed by atoms with Crippen molar-refractivity contribution in [3.8, 4) is 5.69 Å². The van der Waals surface area contributed by atoms with Gasteiger partial charge in [0, 0.05) is 37.5 Å².